The smallest absolute Gasteiger partial charge is 0.389 e. The molecule has 2 aromatic carbocycles. The van der Waals surface area contributed by atoms with E-state index in [0.717, 1.165) is 0 Å². The van der Waals surface area contributed by atoms with Gasteiger partial charge in [-0.3, -0.25) is 9.59 Å². The molecule has 3 atom stereocenters. The largest absolute Gasteiger partial charge is 0.488 e. The average molecular weight is 565 g/mol. The molecule has 40 heavy (non-hydrogen) atoms. The van der Waals surface area contributed by atoms with Crippen molar-refractivity contribution in [3.63, 3.8) is 0 Å². The van der Waals surface area contributed by atoms with Gasteiger partial charge in [0.05, 0.1) is 32.0 Å². The summed E-state index contributed by atoms with van der Waals surface area (Å²) in [6.07, 6.45) is -7.10. The second kappa shape index (κ2) is 13.5. The number of halogens is 3. The highest BCUT2D eigenvalue weighted by Crippen LogP contribution is 2.30. The molecule has 1 heterocycles. The van der Waals surface area contributed by atoms with E-state index in [1.807, 2.05) is 13.0 Å². The van der Waals surface area contributed by atoms with Crippen LogP contribution in [0.5, 0.6) is 5.75 Å². The highest BCUT2D eigenvalue weighted by molar-refractivity contribution is 5.91. The summed E-state index contributed by atoms with van der Waals surface area (Å²) in [7, 11) is 1.63. The number of hydrogen-bond donors (Lipinski definition) is 3. The Kier molecular flexibility index (Phi) is 10.4. The maximum atomic E-state index is 13.3. The Morgan fingerprint density at radius 2 is 1.85 bits per heavy atom. The fraction of sp³-hybridized carbons (Fsp3) is 0.464. The van der Waals surface area contributed by atoms with Gasteiger partial charge in [0.25, 0.3) is 0 Å². The lowest BCUT2D eigenvalue weighted by Gasteiger charge is -2.34. The number of aliphatic hydroxyl groups excluding tert-OH is 1. The molecular formula is C28H35F3N4O5. The predicted molar refractivity (Wildman–Crippen MR) is 144 cm³/mol. The summed E-state index contributed by atoms with van der Waals surface area (Å²) in [4.78, 5) is 41.2. The predicted octanol–water partition coefficient (Wildman–Crippen LogP) is 4.28. The van der Waals surface area contributed by atoms with E-state index in [0.29, 0.717) is 17.0 Å². The molecule has 218 valence electrons. The van der Waals surface area contributed by atoms with E-state index >= 15 is 0 Å². The molecule has 0 fully saturated rings. The van der Waals surface area contributed by atoms with E-state index in [-0.39, 0.29) is 49.7 Å². The van der Waals surface area contributed by atoms with Crippen molar-refractivity contribution in [3.05, 3.63) is 54.1 Å². The van der Waals surface area contributed by atoms with Gasteiger partial charge < -0.3 is 30.3 Å². The maximum Gasteiger partial charge on any atom is 0.389 e. The van der Waals surface area contributed by atoms with Crippen molar-refractivity contribution in [1.82, 2.24) is 9.80 Å². The van der Waals surface area contributed by atoms with Crippen LogP contribution in [0.25, 0.3) is 0 Å². The lowest BCUT2D eigenvalue weighted by molar-refractivity contribution is -0.142. The first-order chi connectivity index (χ1) is 18.9. The number of anilines is 2. The molecule has 0 aliphatic carbocycles. The molecule has 12 heteroatoms. The van der Waals surface area contributed by atoms with E-state index in [4.69, 9.17) is 4.74 Å². The number of hydrogen-bond acceptors (Lipinski definition) is 5. The minimum absolute atomic E-state index is 0.115. The Morgan fingerprint density at radius 1 is 1.15 bits per heavy atom. The van der Waals surface area contributed by atoms with Gasteiger partial charge in [-0.15, -0.1) is 0 Å². The number of ether oxygens (including phenoxy) is 1. The van der Waals surface area contributed by atoms with Crippen molar-refractivity contribution in [3.8, 4) is 5.75 Å². The van der Waals surface area contributed by atoms with Crippen molar-refractivity contribution < 1.29 is 37.4 Å². The molecule has 4 amide bonds. The Balaban J connectivity index is 1.84. The number of benzene rings is 2. The van der Waals surface area contributed by atoms with Crippen LogP contribution in [0.3, 0.4) is 0 Å². The highest BCUT2D eigenvalue weighted by Gasteiger charge is 2.32. The Hall–Kier alpha value is -3.80. The van der Waals surface area contributed by atoms with Gasteiger partial charge in [-0.25, -0.2) is 4.79 Å². The molecule has 0 bridgehead atoms. The van der Waals surface area contributed by atoms with Gasteiger partial charge in [0.2, 0.25) is 11.8 Å². The number of rotatable bonds is 8. The van der Waals surface area contributed by atoms with Crippen LogP contribution in [0.4, 0.5) is 29.3 Å². The first kappa shape index (κ1) is 30.7. The van der Waals surface area contributed by atoms with Crippen LogP contribution < -0.4 is 15.4 Å². The summed E-state index contributed by atoms with van der Waals surface area (Å²) in [5.74, 6) is -0.984. The van der Waals surface area contributed by atoms with E-state index in [9.17, 15) is 32.7 Å². The number of urea groups is 1. The Bertz CT molecular complexity index is 1180. The topological polar surface area (TPSA) is 111 Å². The lowest BCUT2D eigenvalue weighted by Crippen LogP contribution is -2.48. The molecule has 2 aromatic rings. The van der Waals surface area contributed by atoms with Crippen LogP contribution in [0.15, 0.2) is 48.5 Å². The normalized spacial score (nSPS) is 18.4. The van der Waals surface area contributed by atoms with Crippen molar-refractivity contribution in [2.45, 2.75) is 51.4 Å². The zero-order valence-electron chi connectivity index (χ0n) is 22.7. The molecule has 9 nitrogen and oxygen atoms in total. The van der Waals surface area contributed by atoms with Crippen LogP contribution in [0, 0.1) is 5.92 Å². The maximum absolute atomic E-state index is 13.3. The van der Waals surface area contributed by atoms with E-state index in [2.05, 4.69) is 10.6 Å². The summed E-state index contributed by atoms with van der Waals surface area (Å²) in [5, 5.41) is 15.0. The number of likely N-dealkylation sites (N-methyl/N-ethyl adjacent to an activating group) is 1. The Morgan fingerprint density at radius 3 is 2.50 bits per heavy atom. The fourth-order valence-corrected chi connectivity index (χ4v) is 4.30. The number of nitrogens with one attached hydrogen (secondary N) is 2. The third kappa shape index (κ3) is 8.87. The molecule has 3 rings (SSSR count). The zero-order chi connectivity index (χ0) is 29.4. The number of fused-ring (bicyclic) bond motifs is 1. The number of alkyl halides is 3. The number of para-hydroxylation sites is 1. The molecule has 0 spiro atoms. The molecule has 1 aliphatic heterocycles. The quantitative estimate of drug-likeness (QED) is 0.443. The molecule has 0 unspecified atom stereocenters. The van der Waals surface area contributed by atoms with Crippen LogP contribution in [0.1, 0.15) is 32.3 Å². The summed E-state index contributed by atoms with van der Waals surface area (Å²) in [6.45, 7) is 3.78. The number of carbonyl (C=O) groups excluding carboxylic acids is 3. The van der Waals surface area contributed by atoms with Crippen molar-refractivity contribution >= 4 is 29.2 Å². The minimum atomic E-state index is -4.45. The molecule has 0 saturated heterocycles. The summed E-state index contributed by atoms with van der Waals surface area (Å²) < 4.78 is 43.9. The van der Waals surface area contributed by atoms with Gasteiger partial charge in [0.1, 0.15) is 11.9 Å². The van der Waals surface area contributed by atoms with Gasteiger partial charge in [-0.2, -0.15) is 13.2 Å². The summed E-state index contributed by atoms with van der Waals surface area (Å²) in [5.41, 5.74) is 1.28. The first-order valence-corrected chi connectivity index (χ1v) is 13.0. The standard InChI is InChI=1S/C28H35F3N4O5/c1-18-15-35(19(2)17-36)26(38)14-20-13-22(32-25(37)11-12-28(29,30)31)9-10-23(20)40-24(18)16-34(3)27(39)33-21-7-5-4-6-8-21/h4-10,13,18-19,24,36H,11-12,14-17H2,1-3H3,(H,32,37)(H,33,39)/t18-,19+,24-/m0/s1. The van der Waals surface area contributed by atoms with Crippen molar-refractivity contribution in [2.24, 2.45) is 5.92 Å². The van der Waals surface area contributed by atoms with E-state index < -0.39 is 37.1 Å². The molecule has 1 aliphatic rings. The van der Waals surface area contributed by atoms with E-state index in [1.54, 1.807) is 49.2 Å². The fourth-order valence-electron chi connectivity index (χ4n) is 4.30. The first-order valence-electron chi connectivity index (χ1n) is 13.0. The van der Waals surface area contributed by atoms with Gasteiger partial charge in [-0.1, -0.05) is 25.1 Å². The highest BCUT2D eigenvalue weighted by atomic mass is 19.4. The van der Waals surface area contributed by atoms with Crippen molar-refractivity contribution in [1.29, 1.82) is 0 Å². The third-order valence-electron chi connectivity index (χ3n) is 6.66. The second-order valence-corrected chi connectivity index (χ2v) is 10.1. The number of amides is 4. The Labute approximate surface area is 231 Å². The van der Waals surface area contributed by atoms with Crippen LogP contribution >= 0.6 is 0 Å². The lowest BCUT2D eigenvalue weighted by atomic mass is 10.0. The summed E-state index contributed by atoms with van der Waals surface area (Å²) >= 11 is 0. The monoisotopic (exact) mass is 564 g/mol. The molecule has 0 aromatic heterocycles. The number of aliphatic hydroxyl groups is 1. The van der Waals surface area contributed by atoms with Crippen LogP contribution in [-0.4, -0.2) is 77.8 Å². The van der Waals surface area contributed by atoms with Gasteiger partial charge in [0.15, 0.2) is 0 Å². The SMILES string of the molecule is C[C@H](CO)N1C[C@H](C)[C@H](CN(C)C(=O)Nc2ccccc2)Oc2ccc(NC(=O)CCC(F)(F)F)cc2CC1=O. The molecule has 0 saturated carbocycles. The van der Waals surface area contributed by atoms with Crippen LogP contribution in [0.2, 0.25) is 0 Å². The third-order valence-corrected chi connectivity index (χ3v) is 6.66. The molecule has 0 radical (unpaired) electrons. The zero-order valence-corrected chi connectivity index (χ0v) is 22.7. The van der Waals surface area contributed by atoms with Gasteiger partial charge in [-0.05, 0) is 37.3 Å². The molecular weight excluding hydrogens is 529 g/mol. The van der Waals surface area contributed by atoms with Crippen molar-refractivity contribution in [2.75, 3.05) is 37.4 Å². The van der Waals surface area contributed by atoms with E-state index in [1.165, 1.54) is 17.0 Å². The van der Waals surface area contributed by atoms with Gasteiger partial charge in [0, 0.05) is 42.9 Å². The molecule has 3 N–H and O–H groups in total. The van der Waals surface area contributed by atoms with Gasteiger partial charge >= 0.3 is 12.2 Å². The van der Waals surface area contributed by atoms with Crippen LogP contribution in [-0.2, 0) is 16.0 Å². The average Bonchev–Trinajstić information content (AvgIpc) is 2.94. The minimum Gasteiger partial charge on any atom is -0.488 e. The summed E-state index contributed by atoms with van der Waals surface area (Å²) in [6, 6.07) is 12.7. The number of nitrogens with zero attached hydrogens (tertiary/aromatic N) is 2. The number of carbonyl (C=O) groups is 3. The second-order valence-electron chi connectivity index (χ2n) is 10.1.